The molecule has 0 fully saturated rings. The third kappa shape index (κ3) is 4.90. The van der Waals surface area contributed by atoms with Crippen LogP contribution in [-0.4, -0.2) is 25.3 Å². The SMILES string of the molecule is CCc1ccc(CNC(=O)CS(=O)(=O)C(C)C(C)C)s1. The fourth-order valence-electron chi connectivity index (χ4n) is 1.67. The molecule has 20 heavy (non-hydrogen) atoms. The van der Waals surface area contributed by atoms with Gasteiger partial charge in [0, 0.05) is 9.75 Å². The molecule has 1 aromatic heterocycles. The van der Waals surface area contributed by atoms with Crippen molar-refractivity contribution >= 4 is 27.1 Å². The van der Waals surface area contributed by atoms with E-state index in [2.05, 4.69) is 12.2 Å². The molecule has 1 atom stereocenters. The second-order valence-corrected chi connectivity index (χ2v) is 8.87. The molecule has 0 spiro atoms. The smallest absolute Gasteiger partial charge is 0.235 e. The average Bonchev–Trinajstić information content (AvgIpc) is 2.82. The zero-order valence-corrected chi connectivity index (χ0v) is 14.1. The van der Waals surface area contributed by atoms with Gasteiger partial charge in [-0.25, -0.2) is 8.42 Å². The van der Waals surface area contributed by atoms with Crippen LogP contribution in [-0.2, 0) is 27.6 Å². The van der Waals surface area contributed by atoms with Crippen molar-refractivity contribution in [3.63, 3.8) is 0 Å². The van der Waals surface area contributed by atoms with E-state index in [1.165, 1.54) is 4.88 Å². The van der Waals surface area contributed by atoms with E-state index in [-0.39, 0.29) is 5.92 Å². The number of amides is 1. The monoisotopic (exact) mass is 317 g/mol. The molecule has 0 aliphatic heterocycles. The Morgan fingerprint density at radius 3 is 2.35 bits per heavy atom. The Hall–Kier alpha value is -0.880. The normalized spacial score (nSPS) is 13.4. The minimum absolute atomic E-state index is 0.0113. The van der Waals surface area contributed by atoms with Gasteiger partial charge in [0.2, 0.25) is 5.91 Å². The highest BCUT2D eigenvalue weighted by Gasteiger charge is 2.26. The highest BCUT2D eigenvalue weighted by molar-refractivity contribution is 7.92. The molecular formula is C14H23NO3S2. The first-order chi connectivity index (χ1) is 9.26. The number of sulfone groups is 1. The Balaban J connectivity index is 2.51. The third-order valence-corrected chi connectivity index (χ3v) is 6.93. The molecule has 1 amide bonds. The molecule has 1 unspecified atom stereocenters. The average molecular weight is 317 g/mol. The highest BCUT2D eigenvalue weighted by atomic mass is 32.2. The van der Waals surface area contributed by atoms with E-state index >= 15 is 0 Å². The Labute approximate surface area is 125 Å². The van der Waals surface area contributed by atoms with Crippen molar-refractivity contribution in [2.45, 2.75) is 45.9 Å². The van der Waals surface area contributed by atoms with Crippen molar-refractivity contribution in [1.82, 2.24) is 5.32 Å². The van der Waals surface area contributed by atoms with Crippen LogP contribution in [0, 0.1) is 5.92 Å². The van der Waals surface area contributed by atoms with E-state index in [1.807, 2.05) is 26.0 Å². The van der Waals surface area contributed by atoms with Gasteiger partial charge in [-0.05, 0) is 31.4 Å². The van der Waals surface area contributed by atoms with Gasteiger partial charge in [-0.2, -0.15) is 0 Å². The minimum Gasteiger partial charge on any atom is -0.350 e. The van der Waals surface area contributed by atoms with E-state index in [0.717, 1.165) is 11.3 Å². The molecule has 1 rings (SSSR count). The third-order valence-electron chi connectivity index (χ3n) is 3.36. The maximum atomic E-state index is 12.0. The second kappa shape index (κ2) is 7.22. The number of carbonyl (C=O) groups excluding carboxylic acids is 1. The summed E-state index contributed by atoms with van der Waals surface area (Å²) in [4.78, 5) is 14.1. The Morgan fingerprint density at radius 2 is 1.85 bits per heavy atom. The van der Waals surface area contributed by atoms with Crippen molar-refractivity contribution in [3.05, 3.63) is 21.9 Å². The molecule has 1 N–H and O–H groups in total. The molecule has 0 aliphatic rings. The number of carbonyl (C=O) groups is 1. The van der Waals surface area contributed by atoms with Crippen LogP contribution >= 0.6 is 11.3 Å². The first-order valence-corrected chi connectivity index (χ1v) is 9.35. The summed E-state index contributed by atoms with van der Waals surface area (Å²) >= 11 is 1.64. The van der Waals surface area contributed by atoms with E-state index in [9.17, 15) is 13.2 Å². The van der Waals surface area contributed by atoms with E-state index in [0.29, 0.717) is 6.54 Å². The number of aryl methyl sites for hydroxylation is 1. The van der Waals surface area contributed by atoms with Gasteiger partial charge in [0.15, 0.2) is 9.84 Å². The summed E-state index contributed by atoms with van der Waals surface area (Å²) in [5.41, 5.74) is 0. The molecule has 1 aromatic rings. The van der Waals surface area contributed by atoms with Gasteiger partial charge >= 0.3 is 0 Å². The molecule has 6 heteroatoms. The van der Waals surface area contributed by atoms with E-state index in [4.69, 9.17) is 0 Å². The fraction of sp³-hybridized carbons (Fsp3) is 0.643. The van der Waals surface area contributed by atoms with Gasteiger partial charge in [0.1, 0.15) is 5.75 Å². The van der Waals surface area contributed by atoms with Gasteiger partial charge in [-0.15, -0.1) is 11.3 Å². The largest absolute Gasteiger partial charge is 0.350 e. The first kappa shape index (κ1) is 17.2. The standard InChI is InChI=1S/C14H23NO3S2/c1-5-12-6-7-13(19-12)8-15-14(16)9-20(17,18)11(4)10(2)3/h6-7,10-11H,5,8-9H2,1-4H3,(H,15,16). The van der Waals surface area contributed by atoms with Crippen molar-refractivity contribution in [2.24, 2.45) is 5.92 Å². The van der Waals surface area contributed by atoms with Crippen LogP contribution in [0.4, 0.5) is 0 Å². The predicted octanol–water partition coefficient (Wildman–Crippen LogP) is 2.39. The number of thiophene rings is 1. The number of hydrogen-bond donors (Lipinski definition) is 1. The van der Waals surface area contributed by atoms with E-state index < -0.39 is 26.7 Å². The summed E-state index contributed by atoms with van der Waals surface area (Å²) in [6.07, 6.45) is 0.971. The lowest BCUT2D eigenvalue weighted by molar-refractivity contribution is -0.118. The lowest BCUT2D eigenvalue weighted by Crippen LogP contribution is -2.35. The maximum absolute atomic E-state index is 12.0. The Bertz CT molecular complexity index is 547. The summed E-state index contributed by atoms with van der Waals surface area (Å²) in [7, 11) is -3.37. The summed E-state index contributed by atoms with van der Waals surface area (Å²) in [5, 5.41) is 2.18. The number of hydrogen-bond acceptors (Lipinski definition) is 4. The molecule has 0 bridgehead atoms. The predicted molar refractivity (Wildman–Crippen MR) is 83.6 cm³/mol. The van der Waals surface area contributed by atoms with Gasteiger partial charge in [0.25, 0.3) is 0 Å². The molecule has 114 valence electrons. The van der Waals surface area contributed by atoms with Crippen molar-refractivity contribution < 1.29 is 13.2 Å². The number of rotatable bonds is 7. The maximum Gasteiger partial charge on any atom is 0.235 e. The van der Waals surface area contributed by atoms with Gasteiger partial charge < -0.3 is 5.32 Å². The van der Waals surface area contributed by atoms with Crippen molar-refractivity contribution in [1.29, 1.82) is 0 Å². The molecule has 0 saturated heterocycles. The van der Waals surface area contributed by atoms with Crippen LogP contribution in [0.3, 0.4) is 0 Å². The topological polar surface area (TPSA) is 63.2 Å². The van der Waals surface area contributed by atoms with Crippen LogP contribution in [0.15, 0.2) is 12.1 Å². The highest BCUT2D eigenvalue weighted by Crippen LogP contribution is 2.16. The second-order valence-electron chi connectivity index (χ2n) is 5.25. The minimum atomic E-state index is -3.37. The van der Waals surface area contributed by atoms with Crippen LogP contribution in [0.25, 0.3) is 0 Å². The van der Waals surface area contributed by atoms with Crippen molar-refractivity contribution in [3.8, 4) is 0 Å². The molecule has 0 aromatic carbocycles. The van der Waals surface area contributed by atoms with Gasteiger partial charge in [-0.3, -0.25) is 4.79 Å². The van der Waals surface area contributed by atoms with Crippen LogP contribution < -0.4 is 5.32 Å². The summed E-state index contributed by atoms with van der Waals surface area (Å²) in [6.45, 7) is 7.82. The summed E-state index contributed by atoms with van der Waals surface area (Å²) < 4.78 is 24.0. The molecule has 0 saturated carbocycles. The lowest BCUT2D eigenvalue weighted by atomic mass is 10.2. The Morgan fingerprint density at radius 1 is 1.25 bits per heavy atom. The zero-order chi connectivity index (χ0) is 15.3. The molecule has 0 aliphatic carbocycles. The molecule has 0 radical (unpaired) electrons. The lowest BCUT2D eigenvalue weighted by Gasteiger charge is -2.15. The summed E-state index contributed by atoms with van der Waals surface area (Å²) in [6, 6.07) is 4.00. The van der Waals surface area contributed by atoms with Gasteiger partial charge in [-0.1, -0.05) is 20.8 Å². The fourth-order valence-corrected chi connectivity index (χ4v) is 4.13. The first-order valence-electron chi connectivity index (χ1n) is 6.82. The zero-order valence-electron chi connectivity index (χ0n) is 12.5. The quantitative estimate of drug-likeness (QED) is 0.840. The van der Waals surface area contributed by atoms with Crippen LogP contribution in [0.5, 0.6) is 0 Å². The summed E-state index contributed by atoms with van der Waals surface area (Å²) in [5.74, 6) is -0.848. The van der Waals surface area contributed by atoms with Crippen LogP contribution in [0.1, 0.15) is 37.4 Å². The van der Waals surface area contributed by atoms with Crippen molar-refractivity contribution in [2.75, 3.05) is 5.75 Å². The number of nitrogens with one attached hydrogen (secondary N) is 1. The molecule has 4 nitrogen and oxygen atoms in total. The van der Waals surface area contributed by atoms with Crippen LogP contribution in [0.2, 0.25) is 0 Å². The van der Waals surface area contributed by atoms with Gasteiger partial charge in [0.05, 0.1) is 11.8 Å². The van der Waals surface area contributed by atoms with E-state index in [1.54, 1.807) is 18.3 Å². The molecule has 1 heterocycles. The molecular weight excluding hydrogens is 294 g/mol. The Kier molecular flexibility index (Phi) is 6.20.